The molecule has 0 aliphatic carbocycles. The quantitative estimate of drug-likeness (QED) is 0.581. The van der Waals surface area contributed by atoms with Gasteiger partial charge in [0, 0.05) is 18.7 Å². The van der Waals surface area contributed by atoms with E-state index in [-0.39, 0.29) is 17.4 Å². The molecule has 0 unspecified atom stereocenters. The van der Waals surface area contributed by atoms with Crippen LogP contribution in [0.3, 0.4) is 0 Å². The third-order valence-corrected chi connectivity index (χ3v) is 3.89. The second-order valence-electron chi connectivity index (χ2n) is 7.02. The molecule has 0 spiro atoms. The van der Waals surface area contributed by atoms with Crippen LogP contribution in [0.1, 0.15) is 57.6 Å². The SMILES string of the molecule is COC(=O)CCCCCNC(=O)Nc1c(C)cccc1C(C)(C)C. The van der Waals surface area contributed by atoms with Crippen molar-refractivity contribution in [2.45, 2.75) is 58.8 Å². The topological polar surface area (TPSA) is 67.4 Å². The van der Waals surface area contributed by atoms with E-state index in [9.17, 15) is 9.59 Å². The lowest BCUT2D eigenvalue weighted by molar-refractivity contribution is -0.140. The van der Waals surface area contributed by atoms with Gasteiger partial charge in [0.25, 0.3) is 0 Å². The summed E-state index contributed by atoms with van der Waals surface area (Å²) in [6.45, 7) is 8.98. The largest absolute Gasteiger partial charge is 0.469 e. The summed E-state index contributed by atoms with van der Waals surface area (Å²) in [6, 6.07) is 5.87. The number of hydrogen-bond donors (Lipinski definition) is 2. The van der Waals surface area contributed by atoms with Gasteiger partial charge in [-0.1, -0.05) is 45.4 Å². The summed E-state index contributed by atoms with van der Waals surface area (Å²) in [5.41, 5.74) is 3.02. The Bertz CT molecular complexity index is 562. The highest BCUT2D eigenvalue weighted by Crippen LogP contribution is 2.31. The van der Waals surface area contributed by atoms with Gasteiger partial charge < -0.3 is 15.4 Å². The number of amides is 2. The summed E-state index contributed by atoms with van der Waals surface area (Å²) < 4.78 is 4.59. The first kappa shape index (κ1) is 20.0. The van der Waals surface area contributed by atoms with Gasteiger partial charge in [0.05, 0.1) is 7.11 Å². The fourth-order valence-corrected chi connectivity index (χ4v) is 2.49. The van der Waals surface area contributed by atoms with Crippen LogP contribution in [-0.4, -0.2) is 25.7 Å². The molecule has 0 heterocycles. The monoisotopic (exact) mass is 334 g/mol. The molecular weight excluding hydrogens is 304 g/mol. The zero-order valence-electron chi connectivity index (χ0n) is 15.5. The minimum Gasteiger partial charge on any atom is -0.469 e. The zero-order valence-corrected chi connectivity index (χ0v) is 15.5. The standard InChI is InChI=1S/C19H30N2O3/c1-14-10-9-11-15(19(2,3)4)17(14)21-18(23)20-13-8-6-7-12-16(22)24-5/h9-11H,6-8,12-13H2,1-5H3,(H2,20,21,23). The van der Waals surface area contributed by atoms with Crippen molar-refractivity contribution >= 4 is 17.7 Å². The fraction of sp³-hybridized carbons (Fsp3) is 0.579. The summed E-state index contributed by atoms with van der Waals surface area (Å²) in [5, 5.41) is 5.85. The summed E-state index contributed by atoms with van der Waals surface area (Å²) in [6.07, 6.45) is 2.93. The van der Waals surface area contributed by atoms with Gasteiger partial charge in [-0.25, -0.2) is 4.79 Å². The van der Waals surface area contributed by atoms with E-state index in [0.29, 0.717) is 13.0 Å². The molecule has 1 rings (SSSR count). The normalized spacial score (nSPS) is 11.0. The third kappa shape index (κ3) is 6.60. The minimum atomic E-state index is -0.192. The van der Waals surface area contributed by atoms with E-state index in [2.05, 4.69) is 42.2 Å². The van der Waals surface area contributed by atoms with Gasteiger partial charge in [-0.05, 0) is 36.3 Å². The molecule has 5 heteroatoms. The number of methoxy groups -OCH3 is 1. The second kappa shape index (κ2) is 9.30. The molecule has 0 radical (unpaired) electrons. The van der Waals surface area contributed by atoms with E-state index in [1.165, 1.54) is 7.11 Å². The van der Waals surface area contributed by atoms with Gasteiger partial charge in [0.2, 0.25) is 0 Å². The Balaban J connectivity index is 2.45. The van der Waals surface area contributed by atoms with Gasteiger partial charge in [0.1, 0.15) is 0 Å². The number of benzene rings is 1. The van der Waals surface area contributed by atoms with Gasteiger partial charge in [0.15, 0.2) is 0 Å². The number of aryl methyl sites for hydroxylation is 1. The molecule has 0 saturated carbocycles. The number of rotatable bonds is 7. The molecule has 0 aromatic heterocycles. The average Bonchev–Trinajstić information content (AvgIpc) is 2.51. The number of anilines is 1. The van der Waals surface area contributed by atoms with Crippen molar-refractivity contribution in [2.75, 3.05) is 19.0 Å². The van der Waals surface area contributed by atoms with E-state index in [1.807, 2.05) is 19.1 Å². The van der Waals surface area contributed by atoms with E-state index in [4.69, 9.17) is 0 Å². The highest BCUT2D eigenvalue weighted by atomic mass is 16.5. The minimum absolute atomic E-state index is 0.0392. The van der Waals surface area contributed by atoms with Crippen LogP contribution >= 0.6 is 0 Å². The Kier molecular flexibility index (Phi) is 7.75. The van der Waals surface area contributed by atoms with Crippen molar-refractivity contribution in [3.63, 3.8) is 0 Å². The molecule has 2 N–H and O–H groups in total. The zero-order chi connectivity index (χ0) is 18.2. The number of para-hydroxylation sites is 1. The lowest BCUT2D eigenvalue weighted by Crippen LogP contribution is -2.31. The van der Waals surface area contributed by atoms with Gasteiger partial charge in [-0.3, -0.25) is 4.79 Å². The number of carbonyl (C=O) groups excluding carboxylic acids is 2. The number of urea groups is 1. The molecular formula is C19H30N2O3. The first-order valence-corrected chi connectivity index (χ1v) is 8.47. The van der Waals surface area contributed by atoms with Crippen molar-refractivity contribution in [1.29, 1.82) is 0 Å². The molecule has 0 aliphatic rings. The lowest BCUT2D eigenvalue weighted by atomic mass is 9.84. The molecule has 1 aromatic rings. The van der Waals surface area contributed by atoms with Crippen molar-refractivity contribution in [3.05, 3.63) is 29.3 Å². The molecule has 0 aliphatic heterocycles. The second-order valence-corrected chi connectivity index (χ2v) is 7.02. The molecule has 24 heavy (non-hydrogen) atoms. The smallest absolute Gasteiger partial charge is 0.319 e. The number of carbonyl (C=O) groups is 2. The van der Waals surface area contributed by atoms with Crippen LogP contribution in [0.5, 0.6) is 0 Å². The maximum absolute atomic E-state index is 12.1. The van der Waals surface area contributed by atoms with Crippen LogP contribution in [0.25, 0.3) is 0 Å². The van der Waals surface area contributed by atoms with Crippen molar-refractivity contribution in [2.24, 2.45) is 0 Å². The molecule has 134 valence electrons. The van der Waals surface area contributed by atoms with Gasteiger partial charge in [-0.15, -0.1) is 0 Å². The first-order chi connectivity index (χ1) is 11.3. The Hall–Kier alpha value is -2.04. The average molecular weight is 334 g/mol. The molecule has 0 bridgehead atoms. The highest BCUT2D eigenvalue weighted by molar-refractivity contribution is 5.91. The maximum atomic E-state index is 12.1. The van der Waals surface area contributed by atoms with Crippen LogP contribution in [0.4, 0.5) is 10.5 Å². The van der Waals surface area contributed by atoms with Crippen molar-refractivity contribution in [3.8, 4) is 0 Å². The van der Waals surface area contributed by atoms with Crippen LogP contribution in [-0.2, 0) is 14.9 Å². The van der Waals surface area contributed by atoms with Crippen LogP contribution in [0.15, 0.2) is 18.2 Å². The molecule has 2 amide bonds. The van der Waals surface area contributed by atoms with Gasteiger partial charge >= 0.3 is 12.0 Å². The van der Waals surface area contributed by atoms with Crippen LogP contribution in [0, 0.1) is 6.92 Å². The molecule has 5 nitrogen and oxygen atoms in total. The number of hydrogen-bond acceptors (Lipinski definition) is 3. The van der Waals surface area contributed by atoms with Crippen LogP contribution < -0.4 is 10.6 Å². The molecule has 0 saturated heterocycles. The highest BCUT2D eigenvalue weighted by Gasteiger charge is 2.20. The number of ether oxygens (including phenoxy) is 1. The van der Waals surface area contributed by atoms with E-state index >= 15 is 0 Å². The summed E-state index contributed by atoms with van der Waals surface area (Å²) in [5.74, 6) is -0.185. The molecule has 1 aromatic carbocycles. The molecule has 0 fully saturated rings. The van der Waals surface area contributed by atoms with Crippen LogP contribution in [0.2, 0.25) is 0 Å². The molecule has 0 atom stereocenters. The van der Waals surface area contributed by atoms with E-state index < -0.39 is 0 Å². The number of unbranched alkanes of at least 4 members (excludes halogenated alkanes) is 2. The van der Waals surface area contributed by atoms with Crippen molar-refractivity contribution < 1.29 is 14.3 Å². The fourth-order valence-electron chi connectivity index (χ4n) is 2.49. The maximum Gasteiger partial charge on any atom is 0.319 e. The Labute approximate surface area is 145 Å². The Morgan fingerprint density at radius 2 is 1.83 bits per heavy atom. The number of nitrogens with one attached hydrogen (secondary N) is 2. The van der Waals surface area contributed by atoms with E-state index in [1.54, 1.807) is 0 Å². The lowest BCUT2D eigenvalue weighted by Gasteiger charge is -2.24. The Morgan fingerprint density at radius 3 is 2.46 bits per heavy atom. The summed E-state index contributed by atoms with van der Waals surface area (Å²) in [7, 11) is 1.39. The Morgan fingerprint density at radius 1 is 1.12 bits per heavy atom. The predicted octanol–water partition coefficient (Wildman–Crippen LogP) is 4.15. The first-order valence-electron chi connectivity index (χ1n) is 8.47. The predicted molar refractivity (Wildman–Crippen MR) is 97.4 cm³/mol. The third-order valence-electron chi connectivity index (χ3n) is 3.89. The van der Waals surface area contributed by atoms with Gasteiger partial charge in [-0.2, -0.15) is 0 Å². The summed E-state index contributed by atoms with van der Waals surface area (Å²) >= 11 is 0. The van der Waals surface area contributed by atoms with Crippen molar-refractivity contribution in [1.82, 2.24) is 5.32 Å². The summed E-state index contributed by atoms with van der Waals surface area (Å²) in [4.78, 5) is 23.1. The van der Waals surface area contributed by atoms with E-state index in [0.717, 1.165) is 36.1 Å². The number of esters is 1.